The molecule has 0 fully saturated rings. The molecule has 0 saturated carbocycles. The number of Topliss-reactive ketones (excluding diaryl/α,β-unsaturated/α-hetero) is 2. The number of rotatable bonds is 7. The largest absolute Gasteiger partial charge is 0.355 e. The van der Waals surface area contributed by atoms with E-state index in [9.17, 15) is 9.59 Å². The summed E-state index contributed by atoms with van der Waals surface area (Å²) in [6, 6.07) is 8.90. The second-order valence-electron chi connectivity index (χ2n) is 7.37. The van der Waals surface area contributed by atoms with Crippen molar-refractivity contribution in [3.63, 3.8) is 0 Å². The zero-order valence-electron chi connectivity index (χ0n) is 18.0. The zero-order chi connectivity index (χ0) is 23.7. The summed E-state index contributed by atoms with van der Waals surface area (Å²) in [6.45, 7) is 5.05. The summed E-state index contributed by atoms with van der Waals surface area (Å²) < 4.78 is 1.81. The molecule has 7 nitrogen and oxygen atoms in total. The number of hydrogen-bond donors (Lipinski definition) is 1. The first kappa shape index (κ1) is 23.2. The Balaban J connectivity index is 1.69. The molecule has 0 amide bonds. The van der Waals surface area contributed by atoms with Crippen molar-refractivity contribution >= 4 is 46.5 Å². The number of halogens is 2. The summed E-state index contributed by atoms with van der Waals surface area (Å²) >= 11 is 13.6. The molecule has 0 aliphatic carbocycles. The monoisotopic (exact) mass is 499 g/mol. The quantitative estimate of drug-likeness (QED) is 0.256. The van der Waals surface area contributed by atoms with Gasteiger partial charge in [-0.3, -0.25) is 19.1 Å². The summed E-state index contributed by atoms with van der Waals surface area (Å²) in [5, 5.41) is 9.98. The van der Waals surface area contributed by atoms with Crippen molar-refractivity contribution in [3.05, 3.63) is 75.3 Å². The van der Waals surface area contributed by atoms with Crippen LogP contribution in [0, 0.1) is 13.8 Å². The van der Waals surface area contributed by atoms with Crippen molar-refractivity contribution in [2.75, 3.05) is 5.75 Å². The fourth-order valence-corrected chi connectivity index (χ4v) is 4.78. The molecule has 0 aliphatic heterocycles. The smallest absolute Gasteiger partial charge is 0.196 e. The Kier molecular flexibility index (Phi) is 6.69. The van der Waals surface area contributed by atoms with Crippen molar-refractivity contribution in [2.24, 2.45) is 0 Å². The average molecular weight is 500 g/mol. The van der Waals surface area contributed by atoms with Crippen molar-refractivity contribution in [1.82, 2.24) is 24.7 Å². The Labute approximate surface area is 204 Å². The minimum absolute atomic E-state index is 0.0755. The van der Waals surface area contributed by atoms with Crippen LogP contribution in [0.4, 0.5) is 0 Å². The molecule has 3 aromatic heterocycles. The minimum atomic E-state index is -0.139. The van der Waals surface area contributed by atoms with Gasteiger partial charge < -0.3 is 4.98 Å². The topological polar surface area (TPSA) is 93.5 Å². The van der Waals surface area contributed by atoms with Gasteiger partial charge in [0.1, 0.15) is 0 Å². The molecule has 0 radical (unpaired) electrons. The Morgan fingerprint density at radius 1 is 1.12 bits per heavy atom. The summed E-state index contributed by atoms with van der Waals surface area (Å²) in [5.74, 6) is 0.445. The highest BCUT2D eigenvalue weighted by atomic mass is 35.5. The minimum Gasteiger partial charge on any atom is -0.355 e. The van der Waals surface area contributed by atoms with Crippen LogP contribution >= 0.6 is 35.0 Å². The third-order valence-electron chi connectivity index (χ3n) is 5.12. The van der Waals surface area contributed by atoms with Crippen molar-refractivity contribution in [2.45, 2.75) is 25.9 Å². The van der Waals surface area contributed by atoms with Gasteiger partial charge in [0, 0.05) is 29.2 Å². The lowest BCUT2D eigenvalue weighted by Crippen LogP contribution is -2.07. The van der Waals surface area contributed by atoms with Gasteiger partial charge in [-0.25, -0.2) is 0 Å². The van der Waals surface area contributed by atoms with Crippen LogP contribution in [0.3, 0.4) is 0 Å². The number of carbonyl (C=O) groups excluding carboxylic acids is 2. The summed E-state index contributed by atoms with van der Waals surface area (Å²) in [5.41, 5.74) is 3.79. The summed E-state index contributed by atoms with van der Waals surface area (Å²) in [4.78, 5) is 32.1. The van der Waals surface area contributed by atoms with E-state index in [4.69, 9.17) is 23.2 Å². The van der Waals surface area contributed by atoms with Gasteiger partial charge in [-0.15, -0.1) is 10.2 Å². The number of aromatic nitrogens is 5. The van der Waals surface area contributed by atoms with Gasteiger partial charge in [0.25, 0.3) is 0 Å². The van der Waals surface area contributed by atoms with Crippen LogP contribution in [0.1, 0.15) is 39.0 Å². The molecule has 3 heterocycles. The zero-order valence-corrected chi connectivity index (χ0v) is 20.3. The Bertz CT molecular complexity index is 1360. The lowest BCUT2D eigenvalue weighted by Gasteiger charge is -2.11. The first-order chi connectivity index (χ1) is 15.8. The van der Waals surface area contributed by atoms with Gasteiger partial charge in [-0.1, -0.05) is 35.0 Å². The van der Waals surface area contributed by atoms with E-state index in [1.54, 1.807) is 44.4 Å². The molecule has 4 aromatic rings. The van der Waals surface area contributed by atoms with E-state index < -0.39 is 0 Å². The first-order valence-corrected chi connectivity index (χ1v) is 11.7. The van der Waals surface area contributed by atoms with Gasteiger partial charge in [0.05, 0.1) is 27.2 Å². The number of nitrogens with zero attached hydrogens (tertiary/aromatic N) is 4. The molecule has 10 heteroatoms. The standard InChI is InChI=1S/C23H19Cl2N5O2S/c1-12-20(14(3)31)13(2)27-21(12)19(32)11-33-23-29-28-22(15-5-4-8-26-10-15)30(23)16-6-7-17(24)18(25)9-16/h4-10,27H,11H2,1-3H3. The Morgan fingerprint density at radius 3 is 2.55 bits per heavy atom. The predicted molar refractivity (Wildman–Crippen MR) is 130 cm³/mol. The molecule has 1 N–H and O–H groups in total. The van der Waals surface area contributed by atoms with Crippen LogP contribution in [-0.2, 0) is 0 Å². The van der Waals surface area contributed by atoms with Crippen LogP contribution in [0.25, 0.3) is 17.1 Å². The van der Waals surface area contributed by atoms with Crippen LogP contribution in [-0.4, -0.2) is 42.1 Å². The second-order valence-corrected chi connectivity index (χ2v) is 9.13. The normalized spacial score (nSPS) is 11.1. The molecule has 4 rings (SSSR count). The maximum Gasteiger partial charge on any atom is 0.196 e. The van der Waals surface area contributed by atoms with Crippen LogP contribution in [0.2, 0.25) is 10.0 Å². The molecule has 0 aliphatic rings. The fraction of sp³-hybridized carbons (Fsp3) is 0.174. The first-order valence-electron chi connectivity index (χ1n) is 9.95. The molecule has 168 valence electrons. The number of thioether (sulfide) groups is 1. The van der Waals surface area contributed by atoms with E-state index in [0.717, 1.165) is 5.56 Å². The molecule has 0 bridgehead atoms. The Morgan fingerprint density at radius 2 is 1.91 bits per heavy atom. The number of H-pyrrole nitrogens is 1. The fourth-order valence-electron chi connectivity index (χ4n) is 3.66. The van der Waals surface area contributed by atoms with E-state index in [-0.39, 0.29) is 17.3 Å². The average Bonchev–Trinajstić information content (AvgIpc) is 3.35. The molecule has 0 saturated heterocycles. The number of nitrogens with one attached hydrogen (secondary N) is 1. The number of aromatic amines is 1. The highest BCUT2D eigenvalue weighted by Gasteiger charge is 2.22. The molecule has 0 unspecified atom stereocenters. The summed E-state index contributed by atoms with van der Waals surface area (Å²) in [7, 11) is 0. The number of benzene rings is 1. The predicted octanol–water partition coefficient (Wildman–Crippen LogP) is 5.76. The number of carbonyl (C=O) groups is 2. The third kappa shape index (κ3) is 4.59. The van der Waals surface area contributed by atoms with Crippen molar-refractivity contribution in [3.8, 4) is 17.1 Å². The molecular weight excluding hydrogens is 481 g/mol. The van der Waals surface area contributed by atoms with Gasteiger partial charge >= 0.3 is 0 Å². The van der Waals surface area contributed by atoms with Gasteiger partial charge in [0.2, 0.25) is 0 Å². The molecule has 1 aromatic carbocycles. The van der Waals surface area contributed by atoms with E-state index in [1.807, 2.05) is 16.7 Å². The number of pyridine rings is 1. The lowest BCUT2D eigenvalue weighted by atomic mass is 10.1. The second kappa shape index (κ2) is 9.51. The lowest BCUT2D eigenvalue weighted by molar-refractivity contribution is 0.101. The summed E-state index contributed by atoms with van der Waals surface area (Å²) in [6.07, 6.45) is 3.36. The number of hydrogen-bond acceptors (Lipinski definition) is 6. The number of aryl methyl sites for hydroxylation is 1. The van der Waals surface area contributed by atoms with E-state index in [1.165, 1.54) is 18.7 Å². The maximum absolute atomic E-state index is 13.0. The van der Waals surface area contributed by atoms with Crippen LogP contribution in [0.5, 0.6) is 0 Å². The highest BCUT2D eigenvalue weighted by Crippen LogP contribution is 2.31. The SMILES string of the molecule is CC(=O)c1c(C)[nH]c(C(=O)CSc2nnc(-c3cccnc3)n2-c2ccc(Cl)c(Cl)c2)c1C. The highest BCUT2D eigenvalue weighted by molar-refractivity contribution is 7.99. The molecule has 0 spiro atoms. The molecule has 0 atom stereocenters. The van der Waals surface area contributed by atoms with Gasteiger partial charge in [-0.05, 0) is 56.7 Å². The van der Waals surface area contributed by atoms with E-state index in [0.29, 0.717) is 49.2 Å². The molecular formula is C23H19Cl2N5O2S. The van der Waals surface area contributed by atoms with Crippen molar-refractivity contribution in [1.29, 1.82) is 0 Å². The van der Waals surface area contributed by atoms with Gasteiger partial charge in [0.15, 0.2) is 22.5 Å². The van der Waals surface area contributed by atoms with E-state index in [2.05, 4.69) is 20.2 Å². The van der Waals surface area contributed by atoms with Gasteiger partial charge in [-0.2, -0.15) is 0 Å². The maximum atomic E-state index is 13.0. The van der Waals surface area contributed by atoms with E-state index >= 15 is 0 Å². The van der Waals surface area contributed by atoms with Crippen LogP contribution < -0.4 is 0 Å². The molecule has 33 heavy (non-hydrogen) atoms. The Hall–Kier alpha value is -2.94. The van der Waals surface area contributed by atoms with Crippen molar-refractivity contribution < 1.29 is 9.59 Å². The van der Waals surface area contributed by atoms with Crippen LogP contribution in [0.15, 0.2) is 47.9 Å². The third-order valence-corrected chi connectivity index (χ3v) is 6.78. The number of ketones is 2.